The number of nitrogens with one attached hydrogen (secondary N) is 4. The molecule has 0 radical (unpaired) electrons. The number of fused-ring (bicyclic) bond motifs is 1. The highest BCUT2D eigenvalue weighted by atomic mass is 19.1. The molecule has 0 bridgehead atoms. The van der Waals surface area contributed by atoms with Gasteiger partial charge < -0.3 is 29.8 Å². The molecular formula is C24H21FN6O6. The number of methoxy groups -OCH3 is 1. The number of hydrogen-bond acceptors (Lipinski definition) is 10. The second-order valence-electron chi connectivity index (χ2n) is 8.20. The van der Waals surface area contributed by atoms with E-state index in [2.05, 4.69) is 30.9 Å². The average molecular weight is 508 g/mol. The van der Waals surface area contributed by atoms with E-state index in [1.54, 1.807) is 18.2 Å². The number of oxazole rings is 1. The van der Waals surface area contributed by atoms with Crippen molar-refractivity contribution < 1.29 is 27.9 Å². The first-order valence-electron chi connectivity index (χ1n) is 11.3. The summed E-state index contributed by atoms with van der Waals surface area (Å²) in [7, 11) is 1.34. The minimum Gasteiger partial charge on any atom is -0.492 e. The van der Waals surface area contributed by atoms with E-state index in [4.69, 9.17) is 13.9 Å². The fraction of sp³-hybridized carbons (Fsp3) is 0.208. The maximum atomic E-state index is 14.5. The maximum Gasteiger partial charge on any atom is 0.417 e. The molecule has 190 valence electrons. The average Bonchev–Trinajstić information content (AvgIpc) is 3.23. The maximum absolute atomic E-state index is 14.5. The fourth-order valence-electron chi connectivity index (χ4n) is 3.83. The summed E-state index contributed by atoms with van der Waals surface area (Å²) in [5, 5.41) is 8.59. The van der Waals surface area contributed by atoms with Crippen molar-refractivity contribution >= 4 is 46.6 Å². The van der Waals surface area contributed by atoms with E-state index in [9.17, 15) is 18.8 Å². The third-order valence-corrected chi connectivity index (χ3v) is 5.84. The number of halogens is 1. The van der Waals surface area contributed by atoms with Crippen LogP contribution in [0.1, 0.15) is 29.6 Å². The predicted molar refractivity (Wildman–Crippen MR) is 130 cm³/mol. The van der Waals surface area contributed by atoms with Crippen molar-refractivity contribution in [2.24, 2.45) is 0 Å². The predicted octanol–water partition coefficient (Wildman–Crippen LogP) is 3.36. The lowest BCUT2D eigenvalue weighted by molar-refractivity contribution is -0.120. The van der Waals surface area contributed by atoms with Gasteiger partial charge in [0.1, 0.15) is 0 Å². The number of nitrogens with zero attached hydrogens (tertiary/aromatic N) is 2. The van der Waals surface area contributed by atoms with E-state index in [0.717, 1.165) is 25.5 Å². The van der Waals surface area contributed by atoms with Crippen LogP contribution in [-0.4, -0.2) is 40.5 Å². The van der Waals surface area contributed by atoms with Crippen molar-refractivity contribution in [2.75, 3.05) is 17.7 Å². The SMILES string of the molecule is COc1c(C(=O)NC2CCC2)ccc(Nc2ncc(F)c(Nc3ccc4oc(=O)[nH]c4c3)n2)c1OC=O. The molecular weight excluding hydrogens is 487 g/mol. The molecule has 2 aromatic carbocycles. The number of amides is 1. The highest BCUT2D eigenvalue weighted by Crippen LogP contribution is 2.39. The van der Waals surface area contributed by atoms with Gasteiger partial charge in [0.25, 0.3) is 12.4 Å². The molecule has 12 nitrogen and oxygen atoms in total. The lowest BCUT2D eigenvalue weighted by Gasteiger charge is -2.27. The zero-order valence-electron chi connectivity index (χ0n) is 19.5. The first-order valence-corrected chi connectivity index (χ1v) is 11.3. The molecule has 0 saturated heterocycles. The zero-order chi connectivity index (χ0) is 25.9. The molecule has 2 heterocycles. The summed E-state index contributed by atoms with van der Waals surface area (Å²) >= 11 is 0. The van der Waals surface area contributed by atoms with Gasteiger partial charge in [-0.25, -0.2) is 14.2 Å². The lowest BCUT2D eigenvalue weighted by atomic mass is 9.93. The molecule has 0 atom stereocenters. The minimum atomic E-state index is -0.740. The largest absolute Gasteiger partial charge is 0.492 e. The van der Waals surface area contributed by atoms with Gasteiger partial charge in [-0.3, -0.25) is 14.6 Å². The number of hydrogen-bond donors (Lipinski definition) is 4. The van der Waals surface area contributed by atoms with E-state index in [-0.39, 0.29) is 52.9 Å². The monoisotopic (exact) mass is 508 g/mol. The Morgan fingerprint density at radius 2 is 2.05 bits per heavy atom. The first-order chi connectivity index (χ1) is 17.9. The number of carbonyl (C=O) groups excluding carboxylic acids is 2. The quantitative estimate of drug-likeness (QED) is 0.247. The van der Waals surface area contributed by atoms with Gasteiger partial charge in [0, 0.05) is 11.7 Å². The minimum absolute atomic E-state index is 0.0360. The molecule has 1 amide bonds. The van der Waals surface area contributed by atoms with Crippen molar-refractivity contribution in [3.63, 3.8) is 0 Å². The van der Waals surface area contributed by atoms with Crippen LogP contribution in [0, 0.1) is 5.82 Å². The van der Waals surface area contributed by atoms with Crippen LogP contribution < -0.4 is 31.2 Å². The number of benzene rings is 2. The van der Waals surface area contributed by atoms with Crippen LogP contribution in [0.5, 0.6) is 11.5 Å². The number of ether oxygens (including phenoxy) is 2. The summed E-state index contributed by atoms with van der Waals surface area (Å²) in [6.07, 6.45) is 3.80. The van der Waals surface area contributed by atoms with Crippen LogP contribution in [0.3, 0.4) is 0 Å². The zero-order valence-corrected chi connectivity index (χ0v) is 19.5. The molecule has 0 spiro atoms. The van der Waals surface area contributed by atoms with Crippen molar-refractivity contribution in [2.45, 2.75) is 25.3 Å². The van der Waals surface area contributed by atoms with E-state index >= 15 is 0 Å². The molecule has 1 saturated carbocycles. The van der Waals surface area contributed by atoms with Gasteiger partial charge in [-0.2, -0.15) is 4.98 Å². The molecule has 0 aliphatic heterocycles. The molecule has 0 unspecified atom stereocenters. The van der Waals surface area contributed by atoms with Crippen LogP contribution in [0.25, 0.3) is 11.1 Å². The van der Waals surface area contributed by atoms with Gasteiger partial charge in [0.2, 0.25) is 5.95 Å². The second-order valence-corrected chi connectivity index (χ2v) is 8.20. The molecule has 37 heavy (non-hydrogen) atoms. The fourth-order valence-corrected chi connectivity index (χ4v) is 3.83. The van der Waals surface area contributed by atoms with Crippen LogP contribution in [0.2, 0.25) is 0 Å². The summed E-state index contributed by atoms with van der Waals surface area (Å²) in [5.41, 5.74) is 1.60. The van der Waals surface area contributed by atoms with Crippen LogP contribution in [0.4, 0.5) is 27.5 Å². The Bertz CT molecular complexity index is 1550. The molecule has 2 aromatic heterocycles. The standard InChI is InChI=1S/C24H21FN6O6/c1-35-19-14(22(33)28-12-3-2-4-12)6-7-16(20(19)36-11-32)29-23-26-10-15(25)21(31-23)27-13-5-8-18-17(9-13)30-24(34)37-18/h5-12H,2-4H2,1H3,(H,28,33)(H,30,34)(H2,26,27,29,31). The molecule has 4 N–H and O–H groups in total. The Morgan fingerprint density at radius 3 is 2.78 bits per heavy atom. The van der Waals surface area contributed by atoms with E-state index in [1.165, 1.54) is 19.2 Å². The lowest BCUT2D eigenvalue weighted by Crippen LogP contribution is -2.39. The number of H-pyrrole nitrogens is 1. The van der Waals surface area contributed by atoms with E-state index in [0.29, 0.717) is 16.8 Å². The Morgan fingerprint density at radius 1 is 1.22 bits per heavy atom. The Balaban J connectivity index is 1.42. The number of carbonyl (C=O) groups is 2. The number of rotatable bonds is 9. The van der Waals surface area contributed by atoms with Gasteiger partial charge in [-0.05, 0) is 49.6 Å². The summed E-state index contributed by atoms with van der Waals surface area (Å²) in [5.74, 6) is -1.93. The van der Waals surface area contributed by atoms with Crippen molar-refractivity contribution in [1.82, 2.24) is 20.3 Å². The van der Waals surface area contributed by atoms with Gasteiger partial charge in [-0.15, -0.1) is 0 Å². The molecule has 4 aromatic rings. The highest BCUT2D eigenvalue weighted by molar-refractivity contribution is 5.99. The van der Waals surface area contributed by atoms with Gasteiger partial charge in [0.05, 0.1) is 30.1 Å². The Kier molecular flexibility index (Phi) is 6.41. The third-order valence-electron chi connectivity index (χ3n) is 5.84. The normalized spacial score (nSPS) is 13.0. The summed E-state index contributed by atoms with van der Waals surface area (Å²) in [6.45, 7) is 0.200. The van der Waals surface area contributed by atoms with E-state index in [1.807, 2.05) is 0 Å². The topological polar surface area (TPSA) is 160 Å². The number of aromatic nitrogens is 3. The summed E-state index contributed by atoms with van der Waals surface area (Å²) in [6, 6.07) is 7.80. The van der Waals surface area contributed by atoms with Crippen LogP contribution in [0.15, 0.2) is 45.7 Å². The molecule has 13 heteroatoms. The smallest absolute Gasteiger partial charge is 0.417 e. The van der Waals surface area contributed by atoms with Crippen molar-refractivity contribution in [3.05, 3.63) is 58.5 Å². The Hall–Kier alpha value is -4.94. The van der Waals surface area contributed by atoms with E-state index < -0.39 is 11.6 Å². The summed E-state index contributed by atoms with van der Waals surface area (Å²) in [4.78, 5) is 46.0. The van der Waals surface area contributed by atoms with Crippen molar-refractivity contribution in [1.29, 1.82) is 0 Å². The molecule has 5 rings (SSSR count). The van der Waals surface area contributed by atoms with Gasteiger partial charge in [-0.1, -0.05) is 0 Å². The summed E-state index contributed by atoms with van der Waals surface area (Å²) < 4.78 is 30.0. The van der Waals surface area contributed by atoms with Crippen LogP contribution >= 0.6 is 0 Å². The molecule has 1 fully saturated rings. The third kappa shape index (κ3) is 4.91. The first kappa shape index (κ1) is 23.8. The second kappa shape index (κ2) is 9.97. The number of aromatic amines is 1. The Labute approximate surface area is 208 Å². The number of anilines is 4. The molecule has 1 aliphatic carbocycles. The van der Waals surface area contributed by atoms with Crippen molar-refractivity contribution in [3.8, 4) is 11.5 Å². The van der Waals surface area contributed by atoms with Crippen LogP contribution in [-0.2, 0) is 4.79 Å². The molecule has 1 aliphatic rings. The van der Waals surface area contributed by atoms with Gasteiger partial charge in [0.15, 0.2) is 28.7 Å². The van der Waals surface area contributed by atoms with Gasteiger partial charge >= 0.3 is 5.76 Å². The highest BCUT2D eigenvalue weighted by Gasteiger charge is 2.25.